The number of benzene rings is 2. The van der Waals surface area contributed by atoms with Crippen molar-refractivity contribution in [2.24, 2.45) is 0 Å². The lowest BCUT2D eigenvalue weighted by Gasteiger charge is -2.20. The molecule has 2 radical (unpaired) electrons. The zero-order valence-corrected chi connectivity index (χ0v) is 8.96. The number of rotatable bonds is 0. The molecule has 0 heterocycles. The summed E-state index contributed by atoms with van der Waals surface area (Å²) in [5.41, 5.74) is 5.27. The largest absolute Gasteiger partial charge is 0.0619 e. The highest BCUT2D eigenvalue weighted by Gasteiger charge is 2.34. The van der Waals surface area contributed by atoms with Crippen LogP contribution in [0.5, 0.6) is 0 Å². The van der Waals surface area contributed by atoms with E-state index < -0.39 is 0 Å². The molecule has 0 aliphatic heterocycles. The van der Waals surface area contributed by atoms with Crippen molar-refractivity contribution in [2.75, 3.05) is 0 Å². The molecule has 0 atom stereocenters. The molecule has 0 N–H and O–H groups in total. The van der Waals surface area contributed by atoms with Gasteiger partial charge in [0.15, 0.2) is 0 Å². The van der Waals surface area contributed by atoms with Crippen molar-refractivity contribution >= 4 is 0 Å². The zero-order valence-electron chi connectivity index (χ0n) is 8.96. The van der Waals surface area contributed by atoms with Gasteiger partial charge < -0.3 is 0 Å². The molecule has 0 fully saturated rings. The summed E-state index contributed by atoms with van der Waals surface area (Å²) in [5.74, 6) is 0. The molecule has 2 aromatic rings. The van der Waals surface area contributed by atoms with E-state index in [4.69, 9.17) is 0 Å². The van der Waals surface area contributed by atoms with Gasteiger partial charge in [0.2, 0.25) is 0 Å². The highest BCUT2D eigenvalue weighted by atomic mass is 14.4. The molecule has 0 saturated carbocycles. The van der Waals surface area contributed by atoms with Crippen molar-refractivity contribution in [1.29, 1.82) is 0 Å². The third kappa shape index (κ3) is 1.02. The molecular formula is C15H12. The maximum absolute atomic E-state index is 3.35. The third-order valence-electron chi connectivity index (χ3n) is 3.28. The molecule has 3 rings (SSSR count). The Morgan fingerprint density at radius 2 is 1.73 bits per heavy atom. The number of fused-ring (bicyclic) bond motifs is 3. The van der Waals surface area contributed by atoms with Crippen LogP contribution in [0.25, 0.3) is 11.1 Å². The number of hydrogen-bond donors (Lipinski definition) is 0. The van der Waals surface area contributed by atoms with Gasteiger partial charge in [-0.3, -0.25) is 0 Å². The van der Waals surface area contributed by atoms with Gasteiger partial charge in [0.05, 0.1) is 0 Å². The first-order chi connectivity index (χ1) is 7.21. The first-order valence-corrected chi connectivity index (χ1v) is 5.24. The maximum atomic E-state index is 3.35. The lowest BCUT2D eigenvalue weighted by molar-refractivity contribution is 0.659. The zero-order chi connectivity index (χ0) is 10.5. The van der Waals surface area contributed by atoms with Crippen LogP contribution in [-0.4, -0.2) is 0 Å². The average molecular weight is 192 g/mol. The lowest BCUT2D eigenvalue weighted by atomic mass is 9.82. The summed E-state index contributed by atoms with van der Waals surface area (Å²) in [7, 11) is 0. The summed E-state index contributed by atoms with van der Waals surface area (Å²) in [5, 5.41) is 0. The Labute approximate surface area is 90.6 Å². The Balaban J connectivity index is 2.42. The van der Waals surface area contributed by atoms with E-state index in [1.807, 2.05) is 12.1 Å². The molecule has 0 aromatic heterocycles. The van der Waals surface area contributed by atoms with Crippen molar-refractivity contribution in [3.63, 3.8) is 0 Å². The summed E-state index contributed by atoms with van der Waals surface area (Å²) < 4.78 is 0. The minimum atomic E-state index is 0.0731. The molecule has 2 aromatic carbocycles. The standard InChI is InChI=1S/C15H12/c1-15(2)13-9-5-3-7-11(13)12-8-4-6-10-14(12)15/h3-7,9H,1-2H3. The summed E-state index contributed by atoms with van der Waals surface area (Å²) in [6.07, 6.45) is 0. The molecular weight excluding hydrogens is 180 g/mol. The van der Waals surface area contributed by atoms with Crippen LogP contribution in [0.15, 0.2) is 36.4 Å². The highest BCUT2D eigenvalue weighted by Crippen LogP contribution is 2.47. The second-order valence-corrected chi connectivity index (χ2v) is 4.54. The molecule has 15 heavy (non-hydrogen) atoms. The molecule has 0 saturated heterocycles. The van der Waals surface area contributed by atoms with Gasteiger partial charge in [-0.25, -0.2) is 0 Å². The average Bonchev–Trinajstić information content (AvgIpc) is 2.51. The smallest absolute Gasteiger partial charge is 0.0165 e. The van der Waals surface area contributed by atoms with Crippen molar-refractivity contribution in [2.45, 2.75) is 19.3 Å². The van der Waals surface area contributed by atoms with Gasteiger partial charge in [-0.05, 0) is 34.4 Å². The molecule has 0 unspecified atom stereocenters. The predicted molar refractivity (Wildman–Crippen MR) is 61.7 cm³/mol. The lowest BCUT2D eigenvalue weighted by Crippen LogP contribution is -2.14. The van der Waals surface area contributed by atoms with Gasteiger partial charge in [-0.1, -0.05) is 50.2 Å². The summed E-state index contributed by atoms with van der Waals surface area (Å²) in [6.45, 7) is 4.50. The van der Waals surface area contributed by atoms with Crippen molar-refractivity contribution in [3.05, 3.63) is 59.7 Å². The van der Waals surface area contributed by atoms with E-state index in [-0.39, 0.29) is 5.41 Å². The van der Waals surface area contributed by atoms with E-state index in [0.29, 0.717) is 0 Å². The summed E-state index contributed by atoms with van der Waals surface area (Å²) in [6, 6.07) is 19.1. The fraction of sp³-hybridized carbons (Fsp3) is 0.200. The van der Waals surface area contributed by atoms with Crippen molar-refractivity contribution in [1.82, 2.24) is 0 Å². The van der Waals surface area contributed by atoms with Crippen LogP contribution in [0.1, 0.15) is 25.0 Å². The third-order valence-corrected chi connectivity index (χ3v) is 3.28. The normalized spacial score (nSPS) is 15.9. The Bertz CT molecular complexity index is 474. The van der Waals surface area contributed by atoms with Gasteiger partial charge in [0, 0.05) is 5.41 Å². The van der Waals surface area contributed by atoms with E-state index in [1.165, 1.54) is 22.3 Å². The van der Waals surface area contributed by atoms with Gasteiger partial charge in [-0.15, -0.1) is 0 Å². The van der Waals surface area contributed by atoms with Gasteiger partial charge in [-0.2, -0.15) is 0 Å². The first kappa shape index (κ1) is 8.72. The van der Waals surface area contributed by atoms with E-state index in [1.54, 1.807) is 0 Å². The second-order valence-electron chi connectivity index (χ2n) is 4.54. The highest BCUT2D eigenvalue weighted by molar-refractivity contribution is 5.79. The number of hydrogen-bond acceptors (Lipinski definition) is 0. The Morgan fingerprint density at radius 1 is 1.00 bits per heavy atom. The minimum absolute atomic E-state index is 0.0731. The molecule has 0 spiro atoms. The van der Waals surface area contributed by atoms with E-state index in [9.17, 15) is 0 Å². The van der Waals surface area contributed by atoms with Crippen LogP contribution in [0.2, 0.25) is 0 Å². The maximum Gasteiger partial charge on any atom is 0.0165 e. The molecule has 0 bridgehead atoms. The first-order valence-electron chi connectivity index (χ1n) is 5.24. The van der Waals surface area contributed by atoms with E-state index >= 15 is 0 Å². The molecule has 0 heteroatoms. The van der Waals surface area contributed by atoms with Gasteiger partial charge in [0.25, 0.3) is 0 Å². The van der Waals surface area contributed by atoms with Crippen LogP contribution in [0, 0.1) is 12.1 Å². The SMILES string of the molecule is CC1(C)c2[c]cc[c]c2-c2ccccc21. The monoisotopic (exact) mass is 192 g/mol. The summed E-state index contributed by atoms with van der Waals surface area (Å²) >= 11 is 0. The van der Waals surface area contributed by atoms with E-state index in [0.717, 1.165) is 0 Å². The molecule has 0 amide bonds. The molecule has 1 aliphatic carbocycles. The van der Waals surface area contributed by atoms with Crippen LogP contribution < -0.4 is 0 Å². The Kier molecular flexibility index (Phi) is 1.59. The molecule has 72 valence electrons. The van der Waals surface area contributed by atoms with Crippen molar-refractivity contribution < 1.29 is 0 Å². The fourth-order valence-corrected chi connectivity index (χ4v) is 2.48. The topological polar surface area (TPSA) is 0 Å². The molecule has 1 aliphatic rings. The van der Waals surface area contributed by atoms with Gasteiger partial charge >= 0.3 is 0 Å². The van der Waals surface area contributed by atoms with E-state index in [2.05, 4.69) is 50.2 Å². The van der Waals surface area contributed by atoms with Crippen LogP contribution in [0.4, 0.5) is 0 Å². The second kappa shape index (κ2) is 2.73. The quantitative estimate of drug-likeness (QED) is 0.598. The molecule has 0 nitrogen and oxygen atoms in total. The van der Waals surface area contributed by atoms with Crippen LogP contribution in [-0.2, 0) is 5.41 Å². The fourth-order valence-electron chi connectivity index (χ4n) is 2.48. The Hall–Kier alpha value is -1.56. The van der Waals surface area contributed by atoms with Crippen LogP contribution in [0.3, 0.4) is 0 Å². The predicted octanol–water partition coefficient (Wildman–Crippen LogP) is 3.59. The Morgan fingerprint density at radius 3 is 2.60 bits per heavy atom. The minimum Gasteiger partial charge on any atom is -0.0619 e. The van der Waals surface area contributed by atoms with Crippen LogP contribution >= 0.6 is 0 Å². The van der Waals surface area contributed by atoms with Gasteiger partial charge in [0.1, 0.15) is 0 Å². The summed E-state index contributed by atoms with van der Waals surface area (Å²) in [4.78, 5) is 0. The van der Waals surface area contributed by atoms with Crippen molar-refractivity contribution in [3.8, 4) is 11.1 Å².